The van der Waals surface area contributed by atoms with Crippen LogP contribution in [0, 0.1) is 3.57 Å². The second kappa shape index (κ2) is 10.1. The van der Waals surface area contributed by atoms with Crippen molar-refractivity contribution < 1.29 is 17.9 Å². The highest BCUT2D eigenvalue weighted by Gasteiger charge is 2.13. The van der Waals surface area contributed by atoms with E-state index in [4.69, 9.17) is 21.1 Å². The van der Waals surface area contributed by atoms with Gasteiger partial charge in [-0.3, -0.25) is 0 Å². The summed E-state index contributed by atoms with van der Waals surface area (Å²) in [5.41, 5.74) is 1.63. The lowest BCUT2D eigenvalue weighted by atomic mass is 10.2. The summed E-state index contributed by atoms with van der Waals surface area (Å²) in [6.07, 6.45) is 1.41. The van der Waals surface area contributed by atoms with Crippen molar-refractivity contribution in [2.45, 2.75) is 11.5 Å². The number of hydrazone groups is 1. The molecule has 1 N–H and O–H groups in total. The maximum absolute atomic E-state index is 12.2. The molecule has 3 aromatic carbocycles. The first kappa shape index (κ1) is 22.4. The topological polar surface area (TPSA) is 77.0 Å². The smallest absolute Gasteiger partial charge is 0.276 e. The molecule has 156 valence electrons. The summed E-state index contributed by atoms with van der Waals surface area (Å²) in [4.78, 5) is 2.34. The van der Waals surface area contributed by atoms with E-state index < -0.39 is 10.0 Å². The quantitative estimate of drug-likeness (QED) is 0.245. The number of hydrogen-bond acceptors (Lipinski definition) is 5. The molecular weight excluding hydrogens is 539 g/mol. The largest absolute Gasteiger partial charge is 0.493 e. The van der Waals surface area contributed by atoms with Crippen LogP contribution in [0.4, 0.5) is 0 Å². The molecular formula is C21H18ClIN2O4S. The second-order valence-corrected chi connectivity index (χ2v) is 9.37. The van der Waals surface area contributed by atoms with Gasteiger partial charge in [-0.2, -0.15) is 13.5 Å². The minimum atomic E-state index is -3.72. The third-order valence-corrected chi connectivity index (χ3v) is 6.28. The molecule has 0 aromatic heterocycles. The van der Waals surface area contributed by atoms with Crippen LogP contribution in [-0.4, -0.2) is 21.7 Å². The maximum atomic E-state index is 12.2. The molecule has 0 aliphatic heterocycles. The zero-order chi connectivity index (χ0) is 21.6. The van der Waals surface area contributed by atoms with Crippen molar-refractivity contribution in [1.29, 1.82) is 0 Å². The normalized spacial score (nSPS) is 11.4. The molecule has 0 aliphatic rings. The van der Waals surface area contributed by atoms with Gasteiger partial charge in [0.15, 0.2) is 11.5 Å². The Morgan fingerprint density at radius 2 is 1.80 bits per heavy atom. The Hall–Kier alpha value is -2.30. The third kappa shape index (κ3) is 5.87. The highest BCUT2D eigenvalue weighted by molar-refractivity contribution is 14.1. The van der Waals surface area contributed by atoms with E-state index in [9.17, 15) is 8.42 Å². The number of benzene rings is 3. The molecule has 3 rings (SSSR count). The summed E-state index contributed by atoms with van der Waals surface area (Å²) in [5, 5.41) is 4.53. The molecule has 0 heterocycles. The summed E-state index contributed by atoms with van der Waals surface area (Å²) in [5.74, 6) is 1.11. The first-order valence-corrected chi connectivity index (χ1v) is 11.7. The first-order valence-electron chi connectivity index (χ1n) is 8.74. The van der Waals surface area contributed by atoms with E-state index in [1.54, 1.807) is 43.5 Å². The molecule has 0 amide bonds. The fourth-order valence-electron chi connectivity index (χ4n) is 2.51. The van der Waals surface area contributed by atoms with Crippen LogP contribution in [0.25, 0.3) is 0 Å². The standard InChI is InChI=1S/C21H18ClIN2O4S/c1-28-20-12-16(13-24-25-30(26,27)18-5-3-2-4-6-18)11-19(23)21(20)29-14-15-7-9-17(22)10-8-15/h2-13,25H,14H2,1H3/b24-13-. The van der Waals surface area contributed by atoms with Crippen LogP contribution in [0.3, 0.4) is 0 Å². The number of sulfonamides is 1. The number of rotatable bonds is 8. The van der Waals surface area contributed by atoms with E-state index >= 15 is 0 Å². The van der Waals surface area contributed by atoms with Crippen LogP contribution in [0.5, 0.6) is 11.5 Å². The van der Waals surface area contributed by atoms with Crippen molar-refractivity contribution in [3.63, 3.8) is 0 Å². The third-order valence-electron chi connectivity index (χ3n) is 3.99. The Balaban J connectivity index is 1.73. The van der Waals surface area contributed by atoms with Gasteiger partial charge < -0.3 is 9.47 Å². The Bertz CT molecular complexity index is 1140. The number of nitrogens with one attached hydrogen (secondary N) is 1. The van der Waals surface area contributed by atoms with E-state index in [2.05, 4.69) is 32.5 Å². The van der Waals surface area contributed by atoms with Gasteiger partial charge in [0, 0.05) is 5.02 Å². The predicted molar refractivity (Wildman–Crippen MR) is 126 cm³/mol. The van der Waals surface area contributed by atoms with Crippen molar-refractivity contribution >= 4 is 50.4 Å². The van der Waals surface area contributed by atoms with Gasteiger partial charge in [-0.1, -0.05) is 41.9 Å². The highest BCUT2D eigenvalue weighted by atomic mass is 127. The second-order valence-electron chi connectivity index (χ2n) is 6.12. The lowest BCUT2D eigenvalue weighted by Crippen LogP contribution is -2.18. The molecule has 30 heavy (non-hydrogen) atoms. The van der Waals surface area contributed by atoms with E-state index in [0.29, 0.717) is 28.7 Å². The molecule has 0 atom stereocenters. The Morgan fingerprint density at radius 1 is 1.10 bits per heavy atom. The minimum Gasteiger partial charge on any atom is -0.493 e. The zero-order valence-electron chi connectivity index (χ0n) is 15.9. The molecule has 0 radical (unpaired) electrons. The molecule has 0 saturated carbocycles. The molecule has 0 aliphatic carbocycles. The van der Waals surface area contributed by atoms with Gasteiger partial charge in [0.25, 0.3) is 10.0 Å². The predicted octanol–water partition coefficient (Wildman–Crippen LogP) is 4.84. The number of methoxy groups -OCH3 is 1. The van der Waals surface area contributed by atoms with Gasteiger partial charge in [-0.25, -0.2) is 4.83 Å². The van der Waals surface area contributed by atoms with Gasteiger partial charge in [0.2, 0.25) is 0 Å². The highest BCUT2D eigenvalue weighted by Crippen LogP contribution is 2.34. The van der Waals surface area contributed by atoms with Gasteiger partial charge >= 0.3 is 0 Å². The fourth-order valence-corrected chi connectivity index (χ4v) is 4.23. The lowest BCUT2D eigenvalue weighted by Gasteiger charge is -2.13. The molecule has 6 nitrogen and oxygen atoms in total. The first-order chi connectivity index (χ1) is 14.4. The van der Waals surface area contributed by atoms with Crippen molar-refractivity contribution in [2.75, 3.05) is 7.11 Å². The molecule has 0 fully saturated rings. The van der Waals surface area contributed by atoms with Gasteiger partial charge in [-0.15, -0.1) is 0 Å². The Labute approximate surface area is 194 Å². The number of hydrogen-bond donors (Lipinski definition) is 1. The average Bonchev–Trinajstić information content (AvgIpc) is 2.74. The maximum Gasteiger partial charge on any atom is 0.276 e. The van der Waals surface area contributed by atoms with E-state index in [1.807, 2.05) is 18.2 Å². The lowest BCUT2D eigenvalue weighted by molar-refractivity contribution is 0.282. The van der Waals surface area contributed by atoms with Crippen molar-refractivity contribution in [1.82, 2.24) is 4.83 Å². The van der Waals surface area contributed by atoms with E-state index in [0.717, 1.165) is 9.13 Å². The molecule has 0 saturated heterocycles. The number of ether oxygens (including phenoxy) is 2. The van der Waals surface area contributed by atoms with Gasteiger partial charge in [0.1, 0.15) is 6.61 Å². The van der Waals surface area contributed by atoms with Crippen LogP contribution in [-0.2, 0) is 16.6 Å². The fraction of sp³-hybridized carbons (Fsp3) is 0.0952. The van der Waals surface area contributed by atoms with Crippen molar-refractivity contribution in [3.05, 3.63) is 86.4 Å². The van der Waals surface area contributed by atoms with Gasteiger partial charge in [-0.05, 0) is 70.1 Å². The van der Waals surface area contributed by atoms with Crippen LogP contribution in [0.1, 0.15) is 11.1 Å². The molecule has 0 unspecified atom stereocenters. The number of halogens is 2. The van der Waals surface area contributed by atoms with Crippen molar-refractivity contribution in [2.24, 2.45) is 5.10 Å². The van der Waals surface area contributed by atoms with Crippen LogP contribution in [0.2, 0.25) is 5.02 Å². The Kier molecular flexibility index (Phi) is 7.57. The van der Waals surface area contributed by atoms with Crippen LogP contribution < -0.4 is 14.3 Å². The molecule has 0 spiro atoms. The summed E-state index contributed by atoms with van der Waals surface area (Å²) in [6, 6.07) is 19.0. The van der Waals surface area contributed by atoms with E-state index in [-0.39, 0.29) is 4.90 Å². The van der Waals surface area contributed by atoms with Crippen molar-refractivity contribution in [3.8, 4) is 11.5 Å². The summed E-state index contributed by atoms with van der Waals surface area (Å²) >= 11 is 8.04. The van der Waals surface area contributed by atoms with Gasteiger partial charge in [0.05, 0.1) is 21.8 Å². The summed E-state index contributed by atoms with van der Waals surface area (Å²) in [6.45, 7) is 0.355. The molecule has 9 heteroatoms. The summed E-state index contributed by atoms with van der Waals surface area (Å²) in [7, 11) is -2.18. The SMILES string of the molecule is COc1cc(/C=N\NS(=O)(=O)c2ccccc2)cc(I)c1OCc1ccc(Cl)cc1. The van der Waals surface area contributed by atoms with Crippen LogP contribution >= 0.6 is 34.2 Å². The molecule has 0 bridgehead atoms. The minimum absolute atomic E-state index is 0.139. The Morgan fingerprint density at radius 3 is 2.47 bits per heavy atom. The zero-order valence-corrected chi connectivity index (χ0v) is 19.6. The average molecular weight is 557 g/mol. The monoisotopic (exact) mass is 556 g/mol. The van der Waals surface area contributed by atoms with Crippen LogP contribution in [0.15, 0.2) is 76.7 Å². The molecule has 3 aromatic rings. The summed E-state index contributed by atoms with van der Waals surface area (Å²) < 4.78 is 36.6. The van der Waals surface area contributed by atoms with E-state index in [1.165, 1.54) is 18.3 Å². The number of nitrogens with zero attached hydrogens (tertiary/aromatic N) is 1.